The number of hydrogen-bond acceptors (Lipinski definition) is 4. The van der Waals surface area contributed by atoms with Gasteiger partial charge in [-0.15, -0.1) is 0 Å². The summed E-state index contributed by atoms with van der Waals surface area (Å²) in [5, 5.41) is 2.78. The van der Waals surface area contributed by atoms with Crippen molar-refractivity contribution in [3.05, 3.63) is 12.7 Å². The van der Waals surface area contributed by atoms with Crippen LogP contribution in [0, 0.1) is 0 Å². The normalized spacial score (nSPS) is 12.2. The number of carbonyl (C=O) groups excluding carboxylic acids is 1. The summed E-state index contributed by atoms with van der Waals surface area (Å²) < 4.78 is 32.7. The van der Waals surface area contributed by atoms with E-state index >= 15 is 0 Å². The summed E-state index contributed by atoms with van der Waals surface area (Å²) >= 11 is 0. The third-order valence-electron chi connectivity index (χ3n) is 3.20. The fourth-order valence-corrected chi connectivity index (χ4v) is 2.90. The van der Waals surface area contributed by atoms with Gasteiger partial charge in [0.15, 0.2) is 6.67 Å². The van der Waals surface area contributed by atoms with Gasteiger partial charge in [-0.1, -0.05) is 20.4 Å². The highest BCUT2D eigenvalue weighted by Gasteiger charge is 2.25. The van der Waals surface area contributed by atoms with Crippen molar-refractivity contribution in [2.24, 2.45) is 0 Å². The van der Waals surface area contributed by atoms with Crippen LogP contribution in [0.4, 0.5) is 0 Å². The Morgan fingerprint density at radius 1 is 1.25 bits per heavy atom. The molecule has 0 aliphatic rings. The second kappa shape index (κ2) is 9.10. The van der Waals surface area contributed by atoms with Crippen LogP contribution in [0.2, 0.25) is 0 Å². The molecule has 0 heterocycles. The molecule has 6 nitrogen and oxygen atoms in total. The first-order chi connectivity index (χ1) is 9.28. The molecule has 0 bridgehead atoms. The molecule has 1 amide bonds. The highest BCUT2D eigenvalue weighted by molar-refractivity contribution is 7.85. The third kappa shape index (κ3) is 8.29. The van der Waals surface area contributed by atoms with Gasteiger partial charge in [-0.05, 0) is 18.9 Å². The Morgan fingerprint density at radius 3 is 2.20 bits per heavy atom. The summed E-state index contributed by atoms with van der Waals surface area (Å²) in [7, 11) is -4.18. The minimum Gasteiger partial charge on any atom is -0.748 e. The highest BCUT2D eigenvalue weighted by atomic mass is 32.2. The van der Waals surface area contributed by atoms with Crippen molar-refractivity contribution in [1.82, 2.24) is 5.32 Å². The number of nitrogens with one attached hydrogen (secondary N) is 1. The van der Waals surface area contributed by atoms with E-state index in [1.54, 1.807) is 0 Å². The van der Waals surface area contributed by atoms with Crippen molar-refractivity contribution >= 4 is 16.0 Å². The second-order valence-corrected chi connectivity index (χ2v) is 6.55. The molecule has 0 aliphatic carbocycles. The van der Waals surface area contributed by atoms with Crippen molar-refractivity contribution in [2.45, 2.75) is 33.1 Å². The lowest BCUT2D eigenvalue weighted by Crippen LogP contribution is -2.55. The predicted octanol–water partition coefficient (Wildman–Crippen LogP) is 0.818. The van der Waals surface area contributed by atoms with E-state index in [0.29, 0.717) is 24.1 Å². The summed E-state index contributed by atoms with van der Waals surface area (Å²) in [4.78, 5) is 11.3. The fraction of sp³-hybridized carbons (Fsp3) is 0.769. The second-order valence-electron chi connectivity index (χ2n) is 5.03. The average molecular weight is 306 g/mol. The Morgan fingerprint density at radius 2 is 1.80 bits per heavy atom. The molecule has 0 aromatic rings. The van der Waals surface area contributed by atoms with Crippen molar-refractivity contribution in [3.63, 3.8) is 0 Å². The molecule has 20 heavy (non-hydrogen) atoms. The maximum absolute atomic E-state index is 11.3. The van der Waals surface area contributed by atoms with Crippen molar-refractivity contribution in [3.8, 4) is 0 Å². The molecule has 0 aliphatic heterocycles. The van der Waals surface area contributed by atoms with Crippen molar-refractivity contribution < 1.29 is 22.2 Å². The van der Waals surface area contributed by atoms with Crippen molar-refractivity contribution in [2.75, 3.05) is 32.1 Å². The Bertz CT molecular complexity index is 401. The fourth-order valence-electron chi connectivity index (χ4n) is 2.42. The van der Waals surface area contributed by atoms with E-state index in [2.05, 4.69) is 11.9 Å². The van der Waals surface area contributed by atoms with Gasteiger partial charge >= 0.3 is 0 Å². The molecule has 0 radical (unpaired) electrons. The van der Waals surface area contributed by atoms with Crippen LogP contribution in [-0.2, 0) is 14.9 Å². The summed E-state index contributed by atoms with van der Waals surface area (Å²) in [5.74, 6) is -0.591. The van der Waals surface area contributed by atoms with Gasteiger partial charge in [0.25, 0.3) is 0 Å². The van der Waals surface area contributed by atoms with Gasteiger partial charge in [0, 0.05) is 12.2 Å². The summed E-state index contributed by atoms with van der Waals surface area (Å²) in [6.45, 7) is 10.2. The third-order valence-corrected chi connectivity index (χ3v) is 3.99. The number of quaternary nitrogens is 1. The van der Waals surface area contributed by atoms with Crippen LogP contribution < -0.4 is 5.32 Å². The zero-order valence-electron chi connectivity index (χ0n) is 12.4. The zero-order chi connectivity index (χ0) is 15.6. The molecule has 0 unspecified atom stereocenters. The van der Waals surface area contributed by atoms with E-state index < -0.39 is 10.1 Å². The molecule has 0 atom stereocenters. The molecule has 0 rings (SSSR count). The number of nitrogens with zero attached hydrogens (tertiary/aromatic N) is 1. The van der Waals surface area contributed by atoms with E-state index in [1.165, 1.54) is 6.08 Å². The van der Waals surface area contributed by atoms with Crippen molar-refractivity contribution in [1.29, 1.82) is 0 Å². The van der Waals surface area contributed by atoms with Crippen LogP contribution in [-0.4, -0.2) is 55.4 Å². The Hall–Kier alpha value is -0.920. The molecule has 0 aromatic carbocycles. The molecule has 1 N–H and O–H groups in total. The first-order valence-corrected chi connectivity index (χ1v) is 8.55. The maximum atomic E-state index is 11.3. The van der Waals surface area contributed by atoms with Crippen LogP contribution in [0.15, 0.2) is 12.7 Å². The highest BCUT2D eigenvalue weighted by Crippen LogP contribution is 2.11. The summed E-state index contributed by atoms with van der Waals surface area (Å²) in [5.41, 5.74) is 0. The smallest absolute Gasteiger partial charge is 0.247 e. The van der Waals surface area contributed by atoms with Gasteiger partial charge < -0.3 is 14.4 Å². The molecule has 0 spiro atoms. The van der Waals surface area contributed by atoms with Crippen LogP contribution >= 0.6 is 0 Å². The van der Waals surface area contributed by atoms with Gasteiger partial charge in [-0.3, -0.25) is 4.79 Å². The molecular weight excluding hydrogens is 280 g/mol. The van der Waals surface area contributed by atoms with Crippen LogP contribution in [0.1, 0.15) is 33.1 Å². The van der Waals surface area contributed by atoms with E-state index in [4.69, 9.17) is 0 Å². The number of amides is 1. The largest absolute Gasteiger partial charge is 0.748 e. The average Bonchev–Trinajstić information content (AvgIpc) is 2.35. The predicted molar refractivity (Wildman–Crippen MR) is 77.8 cm³/mol. The van der Waals surface area contributed by atoms with Gasteiger partial charge in [-0.25, -0.2) is 8.42 Å². The Labute approximate surface area is 122 Å². The minimum absolute atomic E-state index is 0.240. The summed E-state index contributed by atoms with van der Waals surface area (Å²) in [6.07, 6.45) is 3.38. The van der Waals surface area contributed by atoms with Crippen LogP contribution in [0.3, 0.4) is 0 Å². The maximum Gasteiger partial charge on any atom is 0.247 e. The Balaban J connectivity index is 4.72. The SMILES string of the molecule is C=CC(=O)NC[N+](CCC)(CCC)CCCS(=O)(=O)[O-]. The van der Waals surface area contributed by atoms with Crippen LogP contribution in [0.5, 0.6) is 0 Å². The molecule has 0 saturated heterocycles. The molecule has 0 aromatic heterocycles. The van der Waals surface area contributed by atoms with Gasteiger partial charge in [-0.2, -0.15) is 0 Å². The minimum atomic E-state index is -4.18. The molecule has 0 fully saturated rings. The lowest BCUT2D eigenvalue weighted by molar-refractivity contribution is -0.930. The van der Waals surface area contributed by atoms with Gasteiger partial charge in [0.2, 0.25) is 5.91 Å². The monoisotopic (exact) mass is 306 g/mol. The summed E-state index contributed by atoms with van der Waals surface area (Å²) in [6, 6.07) is 0. The first-order valence-electron chi connectivity index (χ1n) is 6.97. The van der Waals surface area contributed by atoms with Crippen LogP contribution in [0.25, 0.3) is 0 Å². The molecule has 7 heteroatoms. The quantitative estimate of drug-likeness (QED) is 0.265. The van der Waals surface area contributed by atoms with E-state index in [1.807, 2.05) is 13.8 Å². The van der Waals surface area contributed by atoms with E-state index in [-0.39, 0.29) is 11.7 Å². The van der Waals surface area contributed by atoms with Gasteiger partial charge in [0.1, 0.15) is 0 Å². The number of rotatable bonds is 11. The lowest BCUT2D eigenvalue weighted by atomic mass is 10.2. The number of hydrogen-bond donors (Lipinski definition) is 1. The Kier molecular flexibility index (Phi) is 8.68. The zero-order valence-corrected chi connectivity index (χ0v) is 13.2. The first kappa shape index (κ1) is 19.1. The van der Waals surface area contributed by atoms with Gasteiger partial charge in [0.05, 0.1) is 29.8 Å². The molecular formula is C13H26N2O4S. The van der Waals surface area contributed by atoms with E-state index in [9.17, 15) is 17.8 Å². The molecule has 118 valence electrons. The lowest BCUT2D eigenvalue weighted by Gasteiger charge is -2.38. The van der Waals surface area contributed by atoms with E-state index in [0.717, 1.165) is 25.9 Å². The topological polar surface area (TPSA) is 86.3 Å². The standard InChI is InChI=1S/C13H26N2O4S/c1-4-8-15(9-5-2,12-14-13(16)6-3)10-7-11-20(17,18)19/h6H,3-5,7-12H2,1-2H3,(H-,14,16,17,18,19). The molecule has 0 saturated carbocycles. The number of carbonyl (C=O) groups is 1.